The van der Waals surface area contributed by atoms with Gasteiger partial charge in [0.05, 0.1) is 16.7 Å². The predicted molar refractivity (Wildman–Crippen MR) is 241 cm³/mol. The summed E-state index contributed by atoms with van der Waals surface area (Å²) >= 11 is 0. The van der Waals surface area contributed by atoms with Crippen LogP contribution < -0.4 is 4.90 Å². The second-order valence-electron chi connectivity index (χ2n) is 15.7. The number of hydrogen-bond acceptors (Lipinski definition) is 1. The van der Waals surface area contributed by atoms with Crippen LogP contribution >= 0.6 is 0 Å². The largest absolute Gasteiger partial charge is 0.310 e. The molecular formula is C55H40N2. The minimum atomic E-state index is -0.0812. The number of anilines is 3. The van der Waals surface area contributed by atoms with Crippen molar-refractivity contribution in [3.63, 3.8) is 0 Å². The standard InChI is InChI=1S/C55H40N2/c1-55(2)50-24-11-8-21-46(50)47-33-32-42(36-51(47)55)56(40-17-4-3-5-18-40)41-30-27-38(28-31-41)45-20-9-12-25-52(45)57-53-26-13-10-22-48(53)49-35-39(29-34-54(49)57)44-23-14-16-37-15-6-7-19-43(37)44/h3-36H,1-2H3. The van der Waals surface area contributed by atoms with Crippen LogP contribution in [0.2, 0.25) is 0 Å². The van der Waals surface area contributed by atoms with Crippen molar-refractivity contribution in [1.82, 2.24) is 4.57 Å². The monoisotopic (exact) mass is 728 g/mol. The first-order valence-electron chi connectivity index (χ1n) is 19.9. The van der Waals surface area contributed by atoms with Crippen LogP contribution in [-0.2, 0) is 5.41 Å². The van der Waals surface area contributed by atoms with Gasteiger partial charge in [-0.05, 0) is 110 Å². The van der Waals surface area contributed by atoms with E-state index < -0.39 is 0 Å². The first kappa shape index (κ1) is 33.2. The third-order valence-corrected chi connectivity index (χ3v) is 12.2. The van der Waals surface area contributed by atoms with E-state index in [1.807, 2.05) is 0 Å². The van der Waals surface area contributed by atoms with Crippen molar-refractivity contribution in [2.24, 2.45) is 0 Å². The van der Waals surface area contributed by atoms with Gasteiger partial charge in [-0.15, -0.1) is 0 Å². The van der Waals surface area contributed by atoms with E-state index in [1.54, 1.807) is 0 Å². The normalized spacial score (nSPS) is 12.9. The molecule has 2 nitrogen and oxygen atoms in total. The summed E-state index contributed by atoms with van der Waals surface area (Å²) in [6.45, 7) is 4.70. The quantitative estimate of drug-likeness (QED) is 0.165. The summed E-state index contributed by atoms with van der Waals surface area (Å²) in [5.74, 6) is 0. The summed E-state index contributed by atoms with van der Waals surface area (Å²) in [6, 6.07) is 75.6. The van der Waals surface area contributed by atoms with E-state index >= 15 is 0 Å². The van der Waals surface area contributed by atoms with E-state index in [4.69, 9.17) is 0 Å². The summed E-state index contributed by atoms with van der Waals surface area (Å²) in [5, 5.41) is 5.03. The molecule has 2 heteroatoms. The average Bonchev–Trinajstić information content (AvgIpc) is 3.72. The molecule has 0 saturated heterocycles. The highest BCUT2D eigenvalue weighted by molar-refractivity contribution is 6.12. The zero-order valence-corrected chi connectivity index (χ0v) is 32.0. The van der Waals surface area contributed by atoms with E-state index in [2.05, 4.69) is 230 Å². The van der Waals surface area contributed by atoms with Crippen LogP contribution in [0.4, 0.5) is 17.1 Å². The van der Waals surface area contributed by atoms with E-state index in [0.29, 0.717) is 0 Å². The molecule has 1 heterocycles. The average molecular weight is 729 g/mol. The van der Waals surface area contributed by atoms with Crippen molar-refractivity contribution in [3.8, 4) is 39.1 Å². The number of nitrogens with zero attached hydrogens (tertiary/aromatic N) is 2. The van der Waals surface area contributed by atoms with Crippen LogP contribution in [0.25, 0.3) is 71.6 Å². The van der Waals surface area contributed by atoms with Gasteiger partial charge in [-0.25, -0.2) is 0 Å². The Labute approximate surface area is 333 Å². The Kier molecular flexibility index (Phi) is 7.55. The molecule has 0 spiro atoms. The second kappa shape index (κ2) is 13.0. The van der Waals surface area contributed by atoms with Gasteiger partial charge < -0.3 is 9.47 Å². The van der Waals surface area contributed by atoms with E-state index in [-0.39, 0.29) is 5.41 Å². The van der Waals surface area contributed by atoms with E-state index in [9.17, 15) is 0 Å². The maximum Gasteiger partial charge on any atom is 0.0541 e. The second-order valence-corrected chi connectivity index (χ2v) is 15.7. The highest BCUT2D eigenvalue weighted by Crippen LogP contribution is 2.50. The van der Waals surface area contributed by atoms with Gasteiger partial charge in [-0.1, -0.05) is 159 Å². The minimum Gasteiger partial charge on any atom is -0.310 e. The van der Waals surface area contributed by atoms with Crippen molar-refractivity contribution in [1.29, 1.82) is 0 Å². The highest BCUT2D eigenvalue weighted by Gasteiger charge is 2.35. The van der Waals surface area contributed by atoms with Gasteiger partial charge in [0.25, 0.3) is 0 Å². The lowest BCUT2D eigenvalue weighted by Crippen LogP contribution is -2.16. The summed E-state index contributed by atoms with van der Waals surface area (Å²) in [7, 11) is 0. The third kappa shape index (κ3) is 5.25. The molecular weight excluding hydrogens is 689 g/mol. The van der Waals surface area contributed by atoms with Crippen LogP contribution in [0.5, 0.6) is 0 Å². The lowest BCUT2D eigenvalue weighted by atomic mass is 9.82. The summed E-state index contributed by atoms with van der Waals surface area (Å²) in [4.78, 5) is 2.38. The van der Waals surface area contributed by atoms with Gasteiger partial charge in [-0.3, -0.25) is 0 Å². The molecule has 0 radical (unpaired) electrons. The molecule has 57 heavy (non-hydrogen) atoms. The Hall–Kier alpha value is -7.16. The maximum absolute atomic E-state index is 2.45. The minimum absolute atomic E-state index is 0.0812. The lowest BCUT2D eigenvalue weighted by molar-refractivity contribution is 0.660. The first-order valence-corrected chi connectivity index (χ1v) is 19.9. The van der Waals surface area contributed by atoms with Crippen LogP contribution in [0.3, 0.4) is 0 Å². The predicted octanol–water partition coefficient (Wildman–Crippen LogP) is 15.0. The Morgan fingerprint density at radius 1 is 0.368 bits per heavy atom. The smallest absolute Gasteiger partial charge is 0.0541 e. The summed E-state index contributed by atoms with van der Waals surface area (Å²) in [5.41, 5.74) is 17.1. The number of fused-ring (bicyclic) bond motifs is 7. The number of para-hydroxylation sites is 3. The molecule has 0 amide bonds. The molecule has 270 valence electrons. The van der Waals surface area contributed by atoms with E-state index in [0.717, 1.165) is 22.7 Å². The van der Waals surface area contributed by atoms with Crippen molar-refractivity contribution in [2.75, 3.05) is 4.90 Å². The maximum atomic E-state index is 2.45. The van der Waals surface area contributed by atoms with Crippen molar-refractivity contribution < 1.29 is 0 Å². The number of aromatic nitrogens is 1. The number of rotatable bonds is 6. The zero-order valence-electron chi connectivity index (χ0n) is 32.0. The Bertz CT molecular complexity index is 3140. The SMILES string of the molecule is CC1(C)c2ccccc2-c2ccc(N(c3ccccc3)c3ccc(-c4ccccc4-n4c5ccccc5c5cc(-c6cccc7ccccc67)ccc54)cc3)cc21. The highest BCUT2D eigenvalue weighted by atomic mass is 15.1. The van der Waals surface area contributed by atoms with Crippen LogP contribution in [0, 0.1) is 0 Å². The molecule has 0 atom stereocenters. The topological polar surface area (TPSA) is 8.17 Å². The van der Waals surface area contributed by atoms with Gasteiger partial charge in [0.1, 0.15) is 0 Å². The van der Waals surface area contributed by atoms with Crippen molar-refractivity contribution >= 4 is 49.6 Å². The van der Waals surface area contributed by atoms with Crippen molar-refractivity contribution in [2.45, 2.75) is 19.3 Å². The number of hydrogen-bond donors (Lipinski definition) is 0. The van der Waals surface area contributed by atoms with Gasteiger partial charge in [0.2, 0.25) is 0 Å². The lowest BCUT2D eigenvalue weighted by Gasteiger charge is -2.28. The van der Waals surface area contributed by atoms with Gasteiger partial charge in [0.15, 0.2) is 0 Å². The fraction of sp³-hybridized carbons (Fsp3) is 0.0545. The third-order valence-electron chi connectivity index (χ3n) is 12.2. The van der Waals surface area contributed by atoms with Gasteiger partial charge in [-0.2, -0.15) is 0 Å². The Morgan fingerprint density at radius 3 is 1.82 bits per heavy atom. The molecule has 11 rings (SSSR count). The molecule has 0 saturated carbocycles. The van der Waals surface area contributed by atoms with Crippen molar-refractivity contribution in [3.05, 3.63) is 217 Å². The summed E-state index contributed by atoms with van der Waals surface area (Å²) in [6.07, 6.45) is 0. The molecule has 0 unspecified atom stereocenters. The molecule has 0 N–H and O–H groups in total. The molecule has 9 aromatic carbocycles. The molecule has 0 bridgehead atoms. The Morgan fingerprint density at radius 2 is 0.965 bits per heavy atom. The fourth-order valence-corrected chi connectivity index (χ4v) is 9.44. The number of benzene rings is 9. The van der Waals surface area contributed by atoms with E-state index in [1.165, 1.54) is 77.1 Å². The molecule has 0 fully saturated rings. The fourth-order valence-electron chi connectivity index (χ4n) is 9.44. The molecule has 10 aromatic rings. The first-order chi connectivity index (χ1) is 28.0. The van der Waals surface area contributed by atoms with Crippen LogP contribution in [-0.4, -0.2) is 4.57 Å². The molecule has 0 aliphatic heterocycles. The molecule has 1 aromatic heterocycles. The summed E-state index contributed by atoms with van der Waals surface area (Å²) < 4.78 is 2.45. The zero-order chi connectivity index (χ0) is 38.1. The molecule has 1 aliphatic carbocycles. The van der Waals surface area contributed by atoms with Gasteiger partial charge in [0, 0.05) is 38.8 Å². The van der Waals surface area contributed by atoms with Crippen LogP contribution in [0.1, 0.15) is 25.0 Å². The molecule has 1 aliphatic rings. The van der Waals surface area contributed by atoms with Gasteiger partial charge >= 0.3 is 0 Å². The van der Waals surface area contributed by atoms with Crippen LogP contribution in [0.15, 0.2) is 206 Å². The Balaban J connectivity index is 1.02.